The largest absolute Gasteiger partial charge is 0.327 e. The van der Waals surface area contributed by atoms with Gasteiger partial charge in [-0.2, -0.15) is 0 Å². The Morgan fingerprint density at radius 1 is 1.40 bits per heavy atom. The molecule has 0 saturated heterocycles. The summed E-state index contributed by atoms with van der Waals surface area (Å²) in [5, 5.41) is 0. The first-order valence-corrected chi connectivity index (χ1v) is 3.95. The lowest BCUT2D eigenvalue weighted by Gasteiger charge is -2.18. The Bertz CT molecular complexity index is 89.3. The van der Waals surface area contributed by atoms with Gasteiger partial charge in [-0.05, 0) is 5.92 Å². The second-order valence-electron chi connectivity index (χ2n) is 2.64. The van der Waals surface area contributed by atoms with Crippen LogP contribution in [0.4, 0.5) is 0 Å². The molecule has 2 heteroatoms. The fourth-order valence-corrected chi connectivity index (χ4v) is 1.20. The molecule has 10 heavy (non-hydrogen) atoms. The predicted octanol–water partition coefficient (Wildman–Crippen LogP) is 1.34. The van der Waals surface area contributed by atoms with E-state index in [-0.39, 0.29) is 6.04 Å². The monoisotopic (exact) mass is 143 g/mol. The number of aldehydes is 1. The van der Waals surface area contributed by atoms with Crippen LogP contribution in [0.1, 0.15) is 33.1 Å². The first-order valence-electron chi connectivity index (χ1n) is 3.95. The molecule has 0 amide bonds. The third-order valence-corrected chi connectivity index (χ3v) is 2.02. The minimum Gasteiger partial charge on any atom is -0.327 e. The molecule has 0 radical (unpaired) electrons. The van der Waals surface area contributed by atoms with Gasteiger partial charge in [-0.3, -0.25) is 0 Å². The molecule has 0 rings (SSSR count). The molecule has 0 spiro atoms. The quantitative estimate of drug-likeness (QED) is 0.590. The van der Waals surface area contributed by atoms with E-state index in [1.54, 1.807) is 0 Å². The predicted molar refractivity (Wildman–Crippen MR) is 42.7 cm³/mol. The van der Waals surface area contributed by atoms with Gasteiger partial charge < -0.3 is 10.5 Å². The number of rotatable bonds is 5. The highest BCUT2D eigenvalue weighted by molar-refractivity contribution is 5.50. The lowest BCUT2D eigenvalue weighted by atomic mass is 9.93. The van der Waals surface area contributed by atoms with Crippen molar-refractivity contribution in [1.82, 2.24) is 0 Å². The Morgan fingerprint density at radius 2 is 1.90 bits per heavy atom. The number of hydrogen-bond acceptors (Lipinski definition) is 2. The van der Waals surface area contributed by atoms with Crippen LogP contribution in [0.15, 0.2) is 0 Å². The summed E-state index contributed by atoms with van der Waals surface area (Å²) in [4.78, 5) is 10.1. The number of hydrogen-bond donors (Lipinski definition) is 1. The summed E-state index contributed by atoms with van der Waals surface area (Å²) >= 11 is 0. The Labute approximate surface area is 62.8 Å². The minimum atomic E-state index is 0.0764. The molecule has 0 heterocycles. The molecule has 1 unspecified atom stereocenters. The van der Waals surface area contributed by atoms with Crippen molar-refractivity contribution in [2.24, 2.45) is 11.7 Å². The van der Waals surface area contributed by atoms with Crippen LogP contribution < -0.4 is 5.73 Å². The Morgan fingerprint density at radius 3 is 2.20 bits per heavy atom. The number of carbonyl (C=O) groups is 1. The van der Waals surface area contributed by atoms with Gasteiger partial charge in [0.15, 0.2) is 0 Å². The smallest absolute Gasteiger partial charge is 0.121 e. The lowest BCUT2D eigenvalue weighted by molar-refractivity contribution is -0.108. The van der Waals surface area contributed by atoms with Crippen LogP contribution in [0, 0.1) is 5.92 Å². The summed E-state index contributed by atoms with van der Waals surface area (Å²) < 4.78 is 0. The molecular weight excluding hydrogens is 126 g/mol. The molecule has 2 N–H and O–H groups in total. The van der Waals surface area contributed by atoms with E-state index in [2.05, 4.69) is 13.8 Å². The van der Waals surface area contributed by atoms with Gasteiger partial charge in [0.1, 0.15) is 6.29 Å². The van der Waals surface area contributed by atoms with E-state index < -0.39 is 0 Å². The van der Waals surface area contributed by atoms with E-state index >= 15 is 0 Å². The van der Waals surface area contributed by atoms with Crippen LogP contribution in [-0.2, 0) is 4.79 Å². The second kappa shape index (κ2) is 5.42. The van der Waals surface area contributed by atoms with Crippen molar-refractivity contribution >= 4 is 6.29 Å². The third kappa shape index (κ3) is 2.97. The maximum atomic E-state index is 10.1. The summed E-state index contributed by atoms with van der Waals surface area (Å²) in [5.74, 6) is 0.519. The number of nitrogens with two attached hydrogens (primary N) is 1. The summed E-state index contributed by atoms with van der Waals surface area (Å²) in [6, 6.07) is 0.0764. The summed E-state index contributed by atoms with van der Waals surface area (Å²) in [5.41, 5.74) is 5.72. The van der Waals surface area contributed by atoms with E-state index in [4.69, 9.17) is 5.73 Å². The molecule has 0 aromatic rings. The van der Waals surface area contributed by atoms with Gasteiger partial charge in [-0.1, -0.05) is 26.7 Å². The zero-order valence-corrected chi connectivity index (χ0v) is 6.84. The van der Waals surface area contributed by atoms with Crippen LogP contribution in [0.25, 0.3) is 0 Å². The minimum absolute atomic E-state index is 0.0764. The van der Waals surface area contributed by atoms with Crippen molar-refractivity contribution in [3.8, 4) is 0 Å². The highest BCUT2D eigenvalue weighted by Gasteiger charge is 2.12. The molecule has 0 aliphatic heterocycles. The Kier molecular flexibility index (Phi) is 5.22. The Balaban J connectivity index is 3.63. The molecule has 0 fully saturated rings. The molecule has 0 saturated carbocycles. The lowest BCUT2D eigenvalue weighted by Crippen LogP contribution is -2.29. The van der Waals surface area contributed by atoms with Gasteiger partial charge in [0.25, 0.3) is 0 Å². The summed E-state index contributed by atoms with van der Waals surface area (Å²) in [6.07, 6.45) is 3.56. The average molecular weight is 143 g/mol. The van der Waals surface area contributed by atoms with Gasteiger partial charge in [0, 0.05) is 12.5 Å². The van der Waals surface area contributed by atoms with Gasteiger partial charge >= 0.3 is 0 Å². The van der Waals surface area contributed by atoms with Crippen molar-refractivity contribution in [1.29, 1.82) is 0 Å². The molecule has 0 bridgehead atoms. The second-order valence-corrected chi connectivity index (χ2v) is 2.64. The van der Waals surface area contributed by atoms with Crippen molar-refractivity contribution in [3.63, 3.8) is 0 Å². The van der Waals surface area contributed by atoms with Crippen molar-refractivity contribution < 1.29 is 4.79 Å². The van der Waals surface area contributed by atoms with E-state index in [0.29, 0.717) is 12.3 Å². The zero-order chi connectivity index (χ0) is 7.98. The van der Waals surface area contributed by atoms with E-state index in [1.165, 1.54) is 0 Å². The van der Waals surface area contributed by atoms with Crippen LogP contribution in [0.3, 0.4) is 0 Å². The molecule has 0 aliphatic carbocycles. The maximum Gasteiger partial charge on any atom is 0.121 e. The van der Waals surface area contributed by atoms with E-state index in [1.807, 2.05) is 0 Å². The first-order chi connectivity index (χ1) is 4.76. The summed E-state index contributed by atoms with van der Waals surface area (Å²) in [6.45, 7) is 4.22. The molecule has 0 aliphatic rings. The summed E-state index contributed by atoms with van der Waals surface area (Å²) in [7, 11) is 0. The average Bonchev–Trinajstić information content (AvgIpc) is 1.91. The van der Waals surface area contributed by atoms with Gasteiger partial charge in [-0.15, -0.1) is 0 Å². The zero-order valence-electron chi connectivity index (χ0n) is 6.84. The SMILES string of the molecule is CCC(CC)C(N)CC=O. The van der Waals surface area contributed by atoms with E-state index in [9.17, 15) is 4.79 Å². The fourth-order valence-electron chi connectivity index (χ4n) is 1.20. The van der Waals surface area contributed by atoms with Gasteiger partial charge in [-0.25, -0.2) is 0 Å². The molecule has 0 aromatic carbocycles. The number of carbonyl (C=O) groups excluding carboxylic acids is 1. The van der Waals surface area contributed by atoms with Crippen molar-refractivity contribution in [2.75, 3.05) is 0 Å². The van der Waals surface area contributed by atoms with Gasteiger partial charge in [0.2, 0.25) is 0 Å². The van der Waals surface area contributed by atoms with Crippen LogP contribution in [0.5, 0.6) is 0 Å². The molecule has 60 valence electrons. The Hall–Kier alpha value is -0.370. The van der Waals surface area contributed by atoms with Crippen LogP contribution in [0.2, 0.25) is 0 Å². The maximum absolute atomic E-state index is 10.1. The first kappa shape index (κ1) is 9.63. The molecule has 1 atom stereocenters. The van der Waals surface area contributed by atoms with Crippen LogP contribution >= 0.6 is 0 Å². The van der Waals surface area contributed by atoms with Crippen molar-refractivity contribution in [2.45, 2.75) is 39.2 Å². The normalized spacial score (nSPS) is 13.6. The topological polar surface area (TPSA) is 43.1 Å². The van der Waals surface area contributed by atoms with Crippen LogP contribution in [-0.4, -0.2) is 12.3 Å². The third-order valence-electron chi connectivity index (χ3n) is 2.02. The molecule has 0 aromatic heterocycles. The van der Waals surface area contributed by atoms with Gasteiger partial charge in [0.05, 0.1) is 0 Å². The van der Waals surface area contributed by atoms with E-state index in [0.717, 1.165) is 19.1 Å². The molecule has 2 nitrogen and oxygen atoms in total. The molecular formula is C8H17NO. The highest BCUT2D eigenvalue weighted by atomic mass is 16.1. The highest BCUT2D eigenvalue weighted by Crippen LogP contribution is 2.12. The standard InChI is InChI=1S/C8H17NO/c1-3-7(4-2)8(9)5-6-10/h6-8H,3-5,9H2,1-2H3. The van der Waals surface area contributed by atoms with Crippen molar-refractivity contribution in [3.05, 3.63) is 0 Å². The fraction of sp³-hybridized carbons (Fsp3) is 0.875.